The normalized spacial score (nSPS) is 17.2. The summed E-state index contributed by atoms with van der Waals surface area (Å²) in [6, 6.07) is 11.0. The second-order valence-electron chi connectivity index (χ2n) is 5.54. The molecule has 1 aliphatic rings. The Balaban J connectivity index is 0.000000302. The summed E-state index contributed by atoms with van der Waals surface area (Å²) in [7, 11) is -6.81. The highest BCUT2D eigenvalue weighted by Gasteiger charge is 2.83. The number of benzene rings is 1. The van der Waals surface area contributed by atoms with Gasteiger partial charge in [-0.3, -0.25) is 0 Å². The molecule has 0 radical (unpaired) electrons. The highest BCUT2D eigenvalue weighted by molar-refractivity contribution is 7.97. The van der Waals surface area contributed by atoms with E-state index in [4.69, 9.17) is 0 Å². The number of halogens is 9. The summed E-state index contributed by atoms with van der Waals surface area (Å²) < 4.78 is 135. The van der Waals surface area contributed by atoms with Crippen LogP contribution in [-0.4, -0.2) is 47.8 Å². The molecule has 0 bridgehead atoms. The quantitative estimate of drug-likeness (QED) is 0.377. The highest BCUT2D eigenvalue weighted by atomic mass is 32.2. The molecule has 0 N–H and O–H groups in total. The van der Waals surface area contributed by atoms with Crippen LogP contribution in [0.4, 0.5) is 39.5 Å². The van der Waals surface area contributed by atoms with Crippen LogP contribution in [0.2, 0.25) is 0 Å². The Morgan fingerprint density at radius 3 is 1.57 bits per heavy atom. The van der Waals surface area contributed by atoms with Gasteiger partial charge in [-0.2, -0.15) is 39.5 Å². The SMILES string of the molecule is O=S(=O)([O-])C(F)(F)C(F)(F)C(F)(F)C(F)(F)F.c1ccc([S+]2CCCC2)cc1. The fraction of sp³-hybridized carbons (Fsp3) is 0.571. The van der Waals surface area contributed by atoms with Crippen molar-refractivity contribution in [2.24, 2.45) is 0 Å². The predicted molar refractivity (Wildman–Crippen MR) is 81.6 cm³/mol. The molecule has 0 amide bonds. The molecule has 0 atom stereocenters. The van der Waals surface area contributed by atoms with Crippen LogP contribution in [0, 0.1) is 0 Å². The molecule has 1 aromatic carbocycles. The van der Waals surface area contributed by atoms with Crippen molar-refractivity contribution in [2.75, 3.05) is 11.5 Å². The molecule has 14 heteroatoms. The van der Waals surface area contributed by atoms with Gasteiger partial charge < -0.3 is 4.55 Å². The fourth-order valence-corrected chi connectivity index (χ4v) is 4.79. The Morgan fingerprint density at radius 2 is 1.21 bits per heavy atom. The van der Waals surface area contributed by atoms with Crippen LogP contribution in [-0.2, 0) is 21.0 Å². The molecule has 0 unspecified atom stereocenters. The van der Waals surface area contributed by atoms with Crippen LogP contribution in [0.25, 0.3) is 0 Å². The van der Waals surface area contributed by atoms with Crippen LogP contribution >= 0.6 is 0 Å². The summed E-state index contributed by atoms with van der Waals surface area (Å²) in [6.45, 7) is 0. The van der Waals surface area contributed by atoms with Gasteiger partial charge >= 0.3 is 23.3 Å². The summed E-state index contributed by atoms with van der Waals surface area (Å²) in [6.07, 6.45) is -4.28. The zero-order valence-electron chi connectivity index (χ0n) is 13.7. The van der Waals surface area contributed by atoms with Crippen molar-refractivity contribution < 1.29 is 52.5 Å². The minimum absolute atomic E-state index is 0.609. The summed E-state index contributed by atoms with van der Waals surface area (Å²) >= 11 is 0. The van der Waals surface area contributed by atoms with Crippen molar-refractivity contribution in [2.45, 2.75) is 41.0 Å². The first-order valence-electron chi connectivity index (χ1n) is 7.35. The molecule has 3 nitrogen and oxygen atoms in total. The van der Waals surface area contributed by atoms with Crippen molar-refractivity contribution in [3.05, 3.63) is 30.3 Å². The van der Waals surface area contributed by atoms with Gasteiger partial charge in [0.05, 0.1) is 0 Å². The van der Waals surface area contributed by atoms with Gasteiger partial charge in [0, 0.05) is 10.9 Å². The van der Waals surface area contributed by atoms with Gasteiger partial charge in [-0.1, -0.05) is 18.2 Å². The lowest BCUT2D eigenvalue weighted by molar-refractivity contribution is -0.382. The maximum absolute atomic E-state index is 12.2. The van der Waals surface area contributed by atoms with Crippen LogP contribution < -0.4 is 0 Å². The number of hydrogen-bond donors (Lipinski definition) is 0. The Hall–Kier alpha value is -1.15. The average Bonchev–Trinajstić information content (AvgIpc) is 3.08. The Bertz CT molecular complexity index is 743. The van der Waals surface area contributed by atoms with Crippen LogP contribution in [0.15, 0.2) is 35.2 Å². The maximum atomic E-state index is 12.2. The minimum Gasteiger partial charge on any atom is -0.743 e. The molecular formula is C14H13F9O3S2. The molecule has 1 aromatic rings. The molecule has 0 spiro atoms. The first-order valence-corrected chi connectivity index (χ1v) is 10.3. The first-order chi connectivity index (χ1) is 12.5. The minimum atomic E-state index is -7.43. The van der Waals surface area contributed by atoms with Crippen LogP contribution in [0.1, 0.15) is 12.8 Å². The predicted octanol–water partition coefficient (Wildman–Crippen LogP) is 4.41. The monoisotopic (exact) mass is 464 g/mol. The van der Waals surface area contributed by atoms with E-state index < -0.39 is 33.4 Å². The van der Waals surface area contributed by atoms with Gasteiger partial charge in [0.25, 0.3) is 0 Å². The lowest BCUT2D eigenvalue weighted by Crippen LogP contribution is -2.63. The molecule has 1 heterocycles. The topological polar surface area (TPSA) is 57.2 Å². The Labute approximate surface area is 157 Å². The summed E-state index contributed by atoms with van der Waals surface area (Å²) in [5, 5.41) is -7.11. The molecule has 1 fully saturated rings. The first kappa shape index (κ1) is 24.9. The number of hydrogen-bond acceptors (Lipinski definition) is 3. The lowest BCUT2D eigenvalue weighted by atomic mass is 10.1. The van der Waals surface area contributed by atoms with E-state index in [2.05, 4.69) is 30.3 Å². The van der Waals surface area contributed by atoms with E-state index in [1.165, 1.54) is 24.3 Å². The summed E-state index contributed by atoms with van der Waals surface area (Å²) in [5.74, 6) is -12.0. The van der Waals surface area contributed by atoms with E-state index in [0.29, 0.717) is 10.9 Å². The van der Waals surface area contributed by atoms with Gasteiger partial charge in [0.1, 0.15) is 11.5 Å². The average molecular weight is 464 g/mol. The largest absolute Gasteiger partial charge is 0.743 e. The van der Waals surface area contributed by atoms with Crippen molar-refractivity contribution >= 4 is 21.0 Å². The van der Waals surface area contributed by atoms with Gasteiger partial charge in [0.2, 0.25) is 0 Å². The maximum Gasteiger partial charge on any atom is 0.460 e. The third-order valence-electron chi connectivity index (χ3n) is 3.54. The Kier molecular flexibility index (Phi) is 7.38. The summed E-state index contributed by atoms with van der Waals surface area (Å²) in [4.78, 5) is 1.57. The van der Waals surface area contributed by atoms with E-state index in [1.807, 2.05) is 0 Å². The molecule has 0 aromatic heterocycles. The van der Waals surface area contributed by atoms with E-state index in [1.54, 1.807) is 4.90 Å². The highest BCUT2D eigenvalue weighted by Crippen LogP contribution is 2.54. The third kappa shape index (κ3) is 4.87. The summed E-state index contributed by atoms with van der Waals surface area (Å²) in [5.41, 5.74) is 0. The van der Waals surface area contributed by atoms with E-state index >= 15 is 0 Å². The van der Waals surface area contributed by atoms with Gasteiger partial charge in [0.15, 0.2) is 15.0 Å². The fourth-order valence-electron chi connectivity index (χ4n) is 2.02. The zero-order valence-corrected chi connectivity index (χ0v) is 15.3. The van der Waals surface area contributed by atoms with Gasteiger partial charge in [-0.15, -0.1) is 0 Å². The Morgan fingerprint density at radius 1 is 0.786 bits per heavy atom. The molecule has 28 heavy (non-hydrogen) atoms. The van der Waals surface area contributed by atoms with Gasteiger partial charge in [-0.25, -0.2) is 8.42 Å². The molecule has 0 aliphatic carbocycles. The van der Waals surface area contributed by atoms with E-state index in [-0.39, 0.29) is 0 Å². The number of rotatable bonds is 4. The molecule has 1 saturated heterocycles. The molecule has 2 rings (SSSR count). The standard InChI is InChI=1S/C10H13S.C4HF9O3S/c1-2-6-10(7-3-1)11-8-4-5-9-11;5-1(6,3(9,10)11)2(7,8)4(12,13)17(14,15)16/h1-3,6-7H,4-5,8-9H2;(H,14,15,16)/q+1;/p-1. The second-order valence-corrected chi connectivity index (χ2v) is 9.23. The molecular weight excluding hydrogens is 451 g/mol. The van der Waals surface area contributed by atoms with Crippen LogP contribution in [0.5, 0.6) is 0 Å². The van der Waals surface area contributed by atoms with Crippen molar-refractivity contribution in [1.82, 2.24) is 0 Å². The van der Waals surface area contributed by atoms with Gasteiger partial charge in [-0.05, 0) is 25.0 Å². The molecule has 162 valence electrons. The van der Waals surface area contributed by atoms with Crippen molar-refractivity contribution in [3.63, 3.8) is 0 Å². The second kappa shape index (κ2) is 8.30. The lowest BCUT2D eigenvalue weighted by Gasteiger charge is -2.34. The molecule has 1 aliphatic heterocycles. The van der Waals surface area contributed by atoms with Crippen LogP contribution in [0.3, 0.4) is 0 Å². The molecule has 0 saturated carbocycles. The smallest absolute Gasteiger partial charge is 0.460 e. The van der Waals surface area contributed by atoms with Crippen molar-refractivity contribution in [3.8, 4) is 0 Å². The zero-order chi connectivity index (χ0) is 22.0. The van der Waals surface area contributed by atoms with E-state index in [0.717, 1.165) is 0 Å². The van der Waals surface area contributed by atoms with Crippen molar-refractivity contribution in [1.29, 1.82) is 0 Å². The van der Waals surface area contributed by atoms with E-state index in [9.17, 15) is 52.5 Å². The third-order valence-corrected chi connectivity index (χ3v) is 6.92. The number of alkyl halides is 9.